The highest BCUT2D eigenvalue weighted by Crippen LogP contribution is 2.17. The molecule has 1 aromatic carbocycles. The van der Waals surface area contributed by atoms with Crippen LogP contribution in [0.3, 0.4) is 0 Å². The largest absolute Gasteiger partial charge is 0.361 e. The molecule has 1 amide bonds. The summed E-state index contributed by atoms with van der Waals surface area (Å²) in [5.41, 5.74) is 2.39. The third kappa shape index (κ3) is 3.83. The van der Waals surface area contributed by atoms with Gasteiger partial charge in [-0.15, -0.1) is 0 Å². The number of carbonyl (C=O) groups is 1. The smallest absolute Gasteiger partial charge is 0.221 e. The van der Waals surface area contributed by atoms with Crippen LogP contribution >= 0.6 is 0 Å². The maximum atomic E-state index is 11.4. The van der Waals surface area contributed by atoms with Gasteiger partial charge in [-0.25, -0.2) is 0 Å². The fraction of sp³-hybridized carbons (Fsp3) is 0.400. The van der Waals surface area contributed by atoms with Crippen LogP contribution in [0.1, 0.15) is 25.3 Å². The molecular weight excluding hydrogens is 238 g/mol. The first-order valence-corrected chi connectivity index (χ1v) is 6.83. The van der Waals surface area contributed by atoms with Crippen LogP contribution in [0.2, 0.25) is 0 Å². The number of benzene rings is 1. The van der Waals surface area contributed by atoms with Gasteiger partial charge in [0, 0.05) is 43.2 Å². The summed E-state index contributed by atoms with van der Waals surface area (Å²) < 4.78 is 0. The third-order valence-corrected chi connectivity index (χ3v) is 3.09. The fourth-order valence-electron chi connectivity index (χ4n) is 2.06. The number of amides is 1. The van der Waals surface area contributed by atoms with Gasteiger partial charge in [-0.2, -0.15) is 0 Å². The fourth-order valence-corrected chi connectivity index (χ4v) is 2.06. The minimum atomic E-state index is 0.119. The quantitative estimate of drug-likeness (QED) is 0.667. The highest BCUT2D eigenvalue weighted by atomic mass is 16.1. The predicted octanol–water partition coefficient (Wildman–Crippen LogP) is 2.17. The molecule has 4 nitrogen and oxygen atoms in total. The zero-order valence-electron chi connectivity index (χ0n) is 11.3. The average Bonchev–Trinajstić information content (AvgIpc) is 2.85. The van der Waals surface area contributed by atoms with E-state index in [2.05, 4.69) is 34.7 Å². The van der Waals surface area contributed by atoms with Crippen molar-refractivity contribution in [2.75, 3.05) is 13.1 Å². The number of carbonyl (C=O) groups excluding carboxylic acids is 1. The Bertz CT molecular complexity index is 533. The first kappa shape index (κ1) is 13.6. The second-order valence-electron chi connectivity index (χ2n) is 4.64. The van der Waals surface area contributed by atoms with Gasteiger partial charge in [-0.3, -0.25) is 4.79 Å². The summed E-state index contributed by atoms with van der Waals surface area (Å²) in [5.74, 6) is 0.119. The molecule has 4 heteroatoms. The lowest BCUT2D eigenvalue weighted by molar-refractivity contribution is -0.120. The minimum absolute atomic E-state index is 0.119. The van der Waals surface area contributed by atoms with Gasteiger partial charge in [0.25, 0.3) is 0 Å². The van der Waals surface area contributed by atoms with Crippen LogP contribution in [-0.2, 0) is 11.3 Å². The molecular formula is C15H21N3O. The lowest BCUT2D eigenvalue weighted by atomic mass is 10.2. The summed E-state index contributed by atoms with van der Waals surface area (Å²) in [7, 11) is 0. The van der Waals surface area contributed by atoms with Gasteiger partial charge in [-0.1, -0.05) is 25.1 Å². The average molecular weight is 259 g/mol. The molecule has 102 valence electrons. The molecule has 0 saturated carbocycles. The normalized spacial score (nSPS) is 10.8. The van der Waals surface area contributed by atoms with Crippen molar-refractivity contribution in [2.45, 2.75) is 26.3 Å². The predicted molar refractivity (Wildman–Crippen MR) is 77.9 cm³/mol. The number of nitrogens with one attached hydrogen (secondary N) is 3. The number of rotatable bonds is 7. The van der Waals surface area contributed by atoms with E-state index in [1.54, 1.807) is 0 Å². The summed E-state index contributed by atoms with van der Waals surface area (Å²) >= 11 is 0. The van der Waals surface area contributed by atoms with E-state index in [0.717, 1.165) is 25.0 Å². The first-order chi connectivity index (χ1) is 9.31. The van der Waals surface area contributed by atoms with Gasteiger partial charge in [0.2, 0.25) is 5.91 Å². The molecule has 3 N–H and O–H groups in total. The molecule has 1 heterocycles. The molecule has 0 saturated heterocycles. The second kappa shape index (κ2) is 6.95. The van der Waals surface area contributed by atoms with Gasteiger partial charge < -0.3 is 15.6 Å². The van der Waals surface area contributed by atoms with Crippen molar-refractivity contribution < 1.29 is 4.79 Å². The van der Waals surface area contributed by atoms with Gasteiger partial charge in [0.15, 0.2) is 0 Å². The van der Waals surface area contributed by atoms with Crippen molar-refractivity contribution in [3.8, 4) is 0 Å². The van der Waals surface area contributed by atoms with Crippen molar-refractivity contribution >= 4 is 16.8 Å². The molecule has 1 aromatic heterocycles. The maximum absolute atomic E-state index is 11.4. The number of para-hydroxylation sites is 1. The van der Waals surface area contributed by atoms with Gasteiger partial charge in [0.1, 0.15) is 0 Å². The zero-order valence-corrected chi connectivity index (χ0v) is 11.3. The Morgan fingerprint density at radius 2 is 2.11 bits per heavy atom. The highest BCUT2D eigenvalue weighted by molar-refractivity contribution is 5.83. The number of aromatic nitrogens is 1. The van der Waals surface area contributed by atoms with E-state index < -0.39 is 0 Å². The number of fused-ring (bicyclic) bond motifs is 1. The monoisotopic (exact) mass is 259 g/mol. The Balaban J connectivity index is 1.75. The van der Waals surface area contributed by atoms with Crippen LogP contribution < -0.4 is 10.6 Å². The molecule has 0 aliphatic heterocycles. The minimum Gasteiger partial charge on any atom is -0.361 e. The lowest BCUT2D eigenvalue weighted by Gasteiger charge is -2.05. The van der Waals surface area contributed by atoms with E-state index in [0.29, 0.717) is 13.0 Å². The van der Waals surface area contributed by atoms with E-state index in [9.17, 15) is 4.79 Å². The molecule has 0 aliphatic rings. The topological polar surface area (TPSA) is 56.9 Å². The van der Waals surface area contributed by atoms with Crippen molar-refractivity contribution in [3.05, 3.63) is 36.0 Å². The Labute approximate surface area is 113 Å². The van der Waals surface area contributed by atoms with Crippen LogP contribution in [0.5, 0.6) is 0 Å². The summed E-state index contributed by atoms with van der Waals surface area (Å²) in [5, 5.41) is 7.42. The van der Waals surface area contributed by atoms with Crippen LogP contribution in [-0.4, -0.2) is 24.0 Å². The van der Waals surface area contributed by atoms with Crippen molar-refractivity contribution in [3.63, 3.8) is 0 Å². The Kier molecular flexibility index (Phi) is 4.98. The zero-order chi connectivity index (χ0) is 13.5. The van der Waals surface area contributed by atoms with Gasteiger partial charge in [-0.05, 0) is 18.1 Å². The molecule has 2 rings (SSSR count). The highest BCUT2D eigenvalue weighted by Gasteiger charge is 2.03. The molecule has 0 unspecified atom stereocenters. The first-order valence-electron chi connectivity index (χ1n) is 6.83. The number of aromatic amines is 1. The number of hydrogen-bond donors (Lipinski definition) is 3. The third-order valence-electron chi connectivity index (χ3n) is 3.09. The van der Waals surface area contributed by atoms with E-state index in [-0.39, 0.29) is 5.91 Å². The Morgan fingerprint density at radius 3 is 2.95 bits per heavy atom. The van der Waals surface area contributed by atoms with Gasteiger partial charge in [0.05, 0.1) is 0 Å². The molecule has 0 spiro atoms. The van der Waals surface area contributed by atoms with Crippen LogP contribution in [0.15, 0.2) is 30.5 Å². The number of hydrogen-bond acceptors (Lipinski definition) is 2. The summed E-state index contributed by atoms with van der Waals surface area (Å²) in [6.07, 6.45) is 3.53. The van der Waals surface area contributed by atoms with Gasteiger partial charge >= 0.3 is 0 Å². The van der Waals surface area contributed by atoms with Crippen molar-refractivity contribution in [1.82, 2.24) is 15.6 Å². The standard InChI is InChI=1S/C15H21N3O/c1-2-8-17-15(19)7-9-16-10-12-11-18-14-6-4-3-5-13(12)14/h3-6,11,16,18H,2,7-10H2,1H3,(H,17,19). The van der Waals surface area contributed by atoms with Crippen LogP contribution in [0.25, 0.3) is 10.9 Å². The summed E-state index contributed by atoms with van der Waals surface area (Å²) in [4.78, 5) is 14.7. The van der Waals surface area contributed by atoms with E-state index in [1.807, 2.05) is 18.3 Å². The SMILES string of the molecule is CCCNC(=O)CCNCc1c[nH]c2ccccc12. The van der Waals surface area contributed by atoms with Crippen molar-refractivity contribution in [1.29, 1.82) is 0 Å². The summed E-state index contributed by atoms with van der Waals surface area (Å²) in [6, 6.07) is 8.24. The lowest BCUT2D eigenvalue weighted by Crippen LogP contribution is -2.27. The number of H-pyrrole nitrogens is 1. The molecule has 0 bridgehead atoms. The molecule has 2 aromatic rings. The molecule has 19 heavy (non-hydrogen) atoms. The molecule has 0 aliphatic carbocycles. The Morgan fingerprint density at radius 1 is 1.26 bits per heavy atom. The van der Waals surface area contributed by atoms with E-state index in [4.69, 9.17) is 0 Å². The Hall–Kier alpha value is -1.81. The molecule has 0 radical (unpaired) electrons. The maximum Gasteiger partial charge on any atom is 0.221 e. The van der Waals surface area contributed by atoms with E-state index >= 15 is 0 Å². The van der Waals surface area contributed by atoms with Crippen LogP contribution in [0.4, 0.5) is 0 Å². The molecule has 0 atom stereocenters. The van der Waals surface area contributed by atoms with Crippen LogP contribution in [0, 0.1) is 0 Å². The summed E-state index contributed by atoms with van der Waals surface area (Å²) in [6.45, 7) is 4.30. The second-order valence-corrected chi connectivity index (χ2v) is 4.64. The van der Waals surface area contributed by atoms with Crippen molar-refractivity contribution in [2.24, 2.45) is 0 Å². The van der Waals surface area contributed by atoms with E-state index in [1.165, 1.54) is 10.9 Å². The molecule has 0 fully saturated rings.